The van der Waals surface area contributed by atoms with Crippen molar-refractivity contribution < 1.29 is 9.53 Å². The number of carbonyl (C=O) groups excluding carboxylic acids is 1. The first kappa shape index (κ1) is 13.1. The van der Waals surface area contributed by atoms with E-state index in [2.05, 4.69) is 4.74 Å². The van der Waals surface area contributed by atoms with Gasteiger partial charge in [-0.2, -0.15) is 5.26 Å². The first-order valence-corrected chi connectivity index (χ1v) is 5.38. The van der Waals surface area contributed by atoms with Crippen molar-refractivity contribution in [2.75, 3.05) is 13.4 Å². The van der Waals surface area contributed by atoms with Crippen molar-refractivity contribution >= 4 is 17.7 Å². The van der Waals surface area contributed by atoms with Gasteiger partial charge in [-0.05, 0) is 11.7 Å². The molecule has 0 rings (SSSR count). The van der Waals surface area contributed by atoms with Crippen LogP contribution in [0.25, 0.3) is 0 Å². The number of rotatable bonds is 2. The normalized spacial score (nSPS) is 12.9. The van der Waals surface area contributed by atoms with Crippen molar-refractivity contribution in [1.82, 2.24) is 0 Å². The fourth-order valence-electron chi connectivity index (χ4n) is 1.07. The van der Waals surface area contributed by atoms with Gasteiger partial charge in [-0.25, -0.2) is 4.79 Å². The van der Waals surface area contributed by atoms with E-state index in [1.54, 1.807) is 0 Å². The van der Waals surface area contributed by atoms with Crippen molar-refractivity contribution in [3.05, 3.63) is 10.5 Å². The fourth-order valence-corrected chi connectivity index (χ4v) is 2.02. The molecule has 0 saturated carbocycles. The van der Waals surface area contributed by atoms with Gasteiger partial charge >= 0.3 is 5.97 Å². The van der Waals surface area contributed by atoms with Gasteiger partial charge in [0, 0.05) is 4.91 Å². The SMILES string of the molecule is COC(=O)/C(C#N)=C(\SC)C(C)(C)C. The number of hydrogen-bond donors (Lipinski definition) is 0. The average Bonchev–Trinajstić information content (AvgIpc) is 2.10. The predicted octanol–water partition coefficient (Wildman–Crippen LogP) is 2.35. The molecule has 0 spiro atoms. The molecule has 0 bridgehead atoms. The molecule has 0 radical (unpaired) electrons. The lowest BCUT2D eigenvalue weighted by Gasteiger charge is -2.21. The number of ether oxygens (including phenoxy) is 1. The molecule has 0 aliphatic carbocycles. The Morgan fingerprint density at radius 1 is 1.43 bits per heavy atom. The first-order valence-electron chi connectivity index (χ1n) is 4.15. The number of carbonyl (C=O) groups is 1. The highest BCUT2D eigenvalue weighted by Gasteiger charge is 2.25. The zero-order chi connectivity index (χ0) is 11.4. The summed E-state index contributed by atoms with van der Waals surface area (Å²) in [6.07, 6.45) is 1.85. The molecular formula is C10H15NO2S. The highest BCUT2D eigenvalue weighted by atomic mass is 32.2. The van der Waals surface area contributed by atoms with E-state index in [1.807, 2.05) is 33.1 Å². The zero-order valence-electron chi connectivity index (χ0n) is 9.17. The largest absolute Gasteiger partial charge is 0.465 e. The van der Waals surface area contributed by atoms with Crippen LogP contribution in [0, 0.1) is 16.7 Å². The minimum Gasteiger partial charge on any atom is -0.465 e. The maximum atomic E-state index is 11.3. The van der Waals surface area contributed by atoms with Gasteiger partial charge in [0.05, 0.1) is 7.11 Å². The van der Waals surface area contributed by atoms with Gasteiger partial charge in [0.2, 0.25) is 0 Å². The molecule has 0 N–H and O–H groups in total. The van der Waals surface area contributed by atoms with Crippen molar-refractivity contribution in [2.45, 2.75) is 20.8 Å². The van der Waals surface area contributed by atoms with Gasteiger partial charge in [-0.1, -0.05) is 20.8 Å². The minimum absolute atomic E-state index is 0.104. The summed E-state index contributed by atoms with van der Waals surface area (Å²) in [4.78, 5) is 12.0. The van der Waals surface area contributed by atoms with E-state index in [0.717, 1.165) is 4.91 Å². The molecule has 0 aliphatic heterocycles. The quantitative estimate of drug-likeness (QED) is 0.401. The predicted molar refractivity (Wildman–Crippen MR) is 57.6 cm³/mol. The van der Waals surface area contributed by atoms with Crippen LogP contribution in [0.5, 0.6) is 0 Å². The van der Waals surface area contributed by atoms with Crippen LogP contribution >= 0.6 is 11.8 Å². The van der Waals surface area contributed by atoms with Crippen molar-refractivity contribution in [2.24, 2.45) is 5.41 Å². The number of nitrogens with zero attached hydrogens (tertiary/aromatic N) is 1. The molecule has 4 heteroatoms. The van der Waals surface area contributed by atoms with E-state index in [-0.39, 0.29) is 11.0 Å². The van der Waals surface area contributed by atoms with E-state index < -0.39 is 5.97 Å². The van der Waals surface area contributed by atoms with Crippen molar-refractivity contribution in [1.29, 1.82) is 5.26 Å². The molecule has 0 aromatic rings. The Morgan fingerprint density at radius 2 is 1.93 bits per heavy atom. The maximum absolute atomic E-state index is 11.3. The zero-order valence-corrected chi connectivity index (χ0v) is 9.99. The maximum Gasteiger partial charge on any atom is 0.349 e. The monoisotopic (exact) mass is 213 g/mol. The molecule has 0 aliphatic rings. The Balaban J connectivity index is 5.38. The van der Waals surface area contributed by atoms with Crippen LogP contribution in [-0.4, -0.2) is 19.3 Å². The van der Waals surface area contributed by atoms with Crippen LogP contribution in [0.4, 0.5) is 0 Å². The summed E-state index contributed by atoms with van der Waals surface area (Å²) < 4.78 is 4.55. The molecule has 0 atom stereocenters. The molecule has 78 valence electrons. The van der Waals surface area contributed by atoms with E-state index in [9.17, 15) is 4.79 Å². The summed E-state index contributed by atoms with van der Waals surface area (Å²) in [5.41, 5.74) is -0.105. The third-order valence-corrected chi connectivity index (χ3v) is 2.84. The summed E-state index contributed by atoms with van der Waals surface area (Å²) in [5, 5.41) is 8.87. The van der Waals surface area contributed by atoms with Crippen LogP contribution in [0.15, 0.2) is 10.5 Å². The summed E-state index contributed by atoms with van der Waals surface area (Å²) >= 11 is 1.41. The van der Waals surface area contributed by atoms with Crippen molar-refractivity contribution in [3.8, 4) is 6.07 Å². The van der Waals surface area contributed by atoms with Crippen LogP contribution in [0.3, 0.4) is 0 Å². The Kier molecular flexibility index (Phi) is 4.72. The lowest BCUT2D eigenvalue weighted by molar-refractivity contribution is -0.135. The van der Waals surface area contributed by atoms with Gasteiger partial charge < -0.3 is 4.74 Å². The van der Waals surface area contributed by atoms with Crippen LogP contribution in [0.1, 0.15) is 20.8 Å². The molecule has 0 unspecified atom stereocenters. The van der Waals surface area contributed by atoms with Crippen molar-refractivity contribution in [3.63, 3.8) is 0 Å². The Hall–Kier alpha value is -0.950. The van der Waals surface area contributed by atoms with Gasteiger partial charge in [0.15, 0.2) is 0 Å². The van der Waals surface area contributed by atoms with Crippen LogP contribution in [-0.2, 0) is 9.53 Å². The Labute approximate surface area is 89.1 Å². The smallest absolute Gasteiger partial charge is 0.349 e. The molecule has 0 fully saturated rings. The number of thioether (sulfide) groups is 1. The topological polar surface area (TPSA) is 50.1 Å². The van der Waals surface area contributed by atoms with E-state index in [0.29, 0.717) is 0 Å². The molecule has 0 heterocycles. The number of hydrogen-bond acceptors (Lipinski definition) is 4. The second-order valence-electron chi connectivity index (χ2n) is 3.76. The number of esters is 1. The standard InChI is InChI=1S/C10H15NO2S/c1-10(2,3)8(14-5)7(6-11)9(12)13-4/h1-5H3/b8-7-. The van der Waals surface area contributed by atoms with E-state index in [1.165, 1.54) is 18.9 Å². The highest BCUT2D eigenvalue weighted by molar-refractivity contribution is 8.02. The molecule has 0 saturated heterocycles. The summed E-state index contributed by atoms with van der Waals surface area (Å²) in [6.45, 7) is 5.87. The lowest BCUT2D eigenvalue weighted by atomic mass is 9.93. The van der Waals surface area contributed by atoms with Crippen LogP contribution in [0.2, 0.25) is 0 Å². The van der Waals surface area contributed by atoms with Crippen LogP contribution < -0.4 is 0 Å². The van der Waals surface area contributed by atoms with E-state index >= 15 is 0 Å². The average molecular weight is 213 g/mol. The second kappa shape index (κ2) is 5.06. The third-order valence-electron chi connectivity index (χ3n) is 1.61. The molecule has 0 amide bonds. The van der Waals surface area contributed by atoms with Gasteiger partial charge in [0.25, 0.3) is 0 Å². The third kappa shape index (κ3) is 3.08. The minimum atomic E-state index is -0.563. The van der Waals surface area contributed by atoms with Gasteiger partial charge in [-0.3, -0.25) is 0 Å². The number of nitriles is 1. The summed E-state index contributed by atoms with van der Waals surface area (Å²) in [7, 11) is 1.28. The summed E-state index contributed by atoms with van der Waals surface area (Å²) in [5.74, 6) is -0.563. The molecule has 14 heavy (non-hydrogen) atoms. The second-order valence-corrected chi connectivity index (χ2v) is 4.58. The molecule has 0 aromatic heterocycles. The Morgan fingerprint density at radius 3 is 2.14 bits per heavy atom. The molecular weight excluding hydrogens is 198 g/mol. The van der Waals surface area contributed by atoms with Gasteiger partial charge in [0.1, 0.15) is 11.6 Å². The molecule has 3 nitrogen and oxygen atoms in total. The first-order chi connectivity index (χ1) is 6.38. The Bertz CT molecular complexity index is 294. The number of methoxy groups -OCH3 is 1. The van der Waals surface area contributed by atoms with E-state index in [4.69, 9.17) is 5.26 Å². The lowest BCUT2D eigenvalue weighted by Crippen LogP contribution is -2.14. The van der Waals surface area contributed by atoms with Gasteiger partial charge in [-0.15, -0.1) is 11.8 Å². The molecule has 0 aromatic carbocycles. The highest BCUT2D eigenvalue weighted by Crippen LogP contribution is 2.35. The summed E-state index contributed by atoms with van der Waals surface area (Å²) in [6, 6.07) is 1.89. The number of allylic oxidation sites excluding steroid dienone is 1. The fraction of sp³-hybridized carbons (Fsp3) is 0.600.